The zero-order valence-electron chi connectivity index (χ0n) is 11.1. The van der Waals surface area contributed by atoms with E-state index >= 15 is 0 Å². The van der Waals surface area contributed by atoms with Crippen molar-refractivity contribution >= 4 is 39.2 Å². The molecular weight excluding hydrogens is 294 g/mol. The van der Waals surface area contributed by atoms with Crippen molar-refractivity contribution in [3.63, 3.8) is 0 Å². The molecule has 2 aromatic heterocycles. The number of thiophene rings is 1. The minimum atomic E-state index is -0.408. The lowest BCUT2D eigenvalue weighted by atomic mass is 9.97. The van der Waals surface area contributed by atoms with Gasteiger partial charge in [0.2, 0.25) is 5.91 Å². The van der Waals surface area contributed by atoms with Crippen molar-refractivity contribution < 1.29 is 4.79 Å². The van der Waals surface area contributed by atoms with E-state index in [9.17, 15) is 9.59 Å². The summed E-state index contributed by atoms with van der Waals surface area (Å²) in [6.07, 6.45) is 4.34. The number of carbonyl (C=O) groups is 1. The first-order valence-electron chi connectivity index (χ1n) is 6.50. The number of primary amides is 1. The van der Waals surface area contributed by atoms with Crippen molar-refractivity contribution in [2.75, 3.05) is 5.75 Å². The van der Waals surface area contributed by atoms with Crippen LogP contribution in [-0.2, 0) is 24.7 Å². The number of amides is 1. The van der Waals surface area contributed by atoms with Crippen LogP contribution in [0.1, 0.15) is 23.3 Å². The molecule has 2 aromatic rings. The standard InChI is InChI=1S/C13H15N3O2S2/c1-16-12(18)10-7-4-2-3-5-8(7)20-11(10)15-13(16)19-6-9(14)17/h2-6H2,1H3,(H2,14,17). The van der Waals surface area contributed by atoms with Crippen LogP contribution in [0.3, 0.4) is 0 Å². The first-order valence-corrected chi connectivity index (χ1v) is 8.30. The van der Waals surface area contributed by atoms with Crippen LogP contribution < -0.4 is 11.3 Å². The first-order chi connectivity index (χ1) is 9.58. The number of rotatable bonds is 3. The van der Waals surface area contributed by atoms with Crippen molar-refractivity contribution in [1.29, 1.82) is 0 Å². The molecule has 0 saturated carbocycles. The van der Waals surface area contributed by atoms with E-state index in [0.717, 1.165) is 29.5 Å². The van der Waals surface area contributed by atoms with E-state index in [1.54, 1.807) is 18.4 Å². The van der Waals surface area contributed by atoms with Gasteiger partial charge in [0, 0.05) is 11.9 Å². The minimum absolute atomic E-state index is 0.0126. The van der Waals surface area contributed by atoms with Crippen LogP contribution in [-0.4, -0.2) is 21.2 Å². The van der Waals surface area contributed by atoms with Crippen molar-refractivity contribution in [1.82, 2.24) is 9.55 Å². The molecule has 5 nitrogen and oxygen atoms in total. The van der Waals surface area contributed by atoms with Gasteiger partial charge in [-0.3, -0.25) is 14.2 Å². The summed E-state index contributed by atoms with van der Waals surface area (Å²) < 4.78 is 1.53. The molecule has 0 unspecified atom stereocenters. The molecule has 2 heterocycles. The highest BCUT2D eigenvalue weighted by Crippen LogP contribution is 2.34. The van der Waals surface area contributed by atoms with Crippen LogP contribution in [0.15, 0.2) is 9.95 Å². The maximum atomic E-state index is 12.5. The van der Waals surface area contributed by atoms with Crippen LogP contribution in [0.25, 0.3) is 10.2 Å². The van der Waals surface area contributed by atoms with Gasteiger partial charge in [0.15, 0.2) is 5.16 Å². The van der Waals surface area contributed by atoms with Gasteiger partial charge in [0.25, 0.3) is 5.56 Å². The lowest BCUT2D eigenvalue weighted by Crippen LogP contribution is -2.22. The fraction of sp³-hybridized carbons (Fsp3) is 0.462. The second-order valence-corrected chi connectivity index (χ2v) is 6.93. The van der Waals surface area contributed by atoms with Crippen molar-refractivity contribution in [3.8, 4) is 0 Å². The maximum Gasteiger partial charge on any atom is 0.262 e. The van der Waals surface area contributed by atoms with Gasteiger partial charge in [-0.25, -0.2) is 4.98 Å². The summed E-state index contributed by atoms with van der Waals surface area (Å²) in [5.41, 5.74) is 6.33. The molecule has 7 heteroatoms. The zero-order chi connectivity index (χ0) is 14.3. The number of aromatic nitrogens is 2. The van der Waals surface area contributed by atoms with E-state index in [0.29, 0.717) is 5.16 Å². The largest absolute Gasteiger partial charge is 0.369 e. The third-order valence-corrected chi connectivity index (χ3v) is 5.74. The van der Waals surface area contributed by atoms with Gasteiger partial charge in [-0.1, -0.05) is 11.8 Å². The van der Waals surface area contributed by atoms with Gasteiger partial charge in [-0.05, 0) is 31.2 Å². The third-order valence-electron chi connectivity index (χ3n) is 3.50. The normalized spacial score (nSPS) is 14.4. The van der Waals surface area contributed by atoms with Crippen LogP contribution in [0, 0.1) is 0 Å². The Morgan fingerprint density at radius 3 is 2.95 bits per heavy atom. The highest BCUT2D eigenvalue weighted by Gasteiger charge is 2.21. The molecule has 0 fully saturated rings. The Morgan fingerprint density at radius 2 is 2.20 bits per heavy atom. The minimum Gasteiger partial charge on any atom is -0.369 e. The van der Waals surface area contributed by atoms with Crippen LogP contribution in [0.4, 0.5) is 0 Å². The molecular formula is C13H15N3O2S2. The molecule has 20 heavy (non-hydrogen) atoms. The number of nitrogens with two attached hydrogens (primary N) is 1. The first kappa shape index (κ1) is 13.6. The van der Waals surface area contributed by atoms with Crippen LogP contribution >= 0.6 is 23.1 Å². The van der Waals surface area contributed by atoms with Crippen molar-refractivity contribution in [2.24, 2.45) is 12.8 Å². The summed E-state index contributed by atoms with van der Waals surface area (Å²) in [5.74, 6) is -0.272. The van der Waals surface area contributed by atoms with Crippen molar-refractivity contribution in [3.05, 3.63) is 20.8 Å². The van der Waals surface area contributed by atoms with E-state index in [1.807, 2.05) is 0 Å². The molecule has 1 aliphatic carbocycles. The predicted molar refractivity (Wildman–Crippen MR) is 81.4 cm³/mol. The van der Waals surface area contributed by atoms with E-state index < -0.39 is 5.91 Å². The van der Waals surface area contributed by atoms with E-state index in [4.69, 9.17) is 5.73 Å². The summed E-state index contributed by atoms with van der Waals surface area (Å²) in [4.78, 5) is 30.1. The fourth-order valence-electron chi connectivity index (χ4n) is 2.53. The number of aryl methyl sites for hydroxylation is 2. The Balaban J connectivity index is 2.14. The second-order valence-electron chi connectivity index (χ2n) is 4.90. The lowest BCUT2D eigenvalue weighted by molar-refractivity contribution is -0.115. The Labute approximate surface area is 124 Å². The molecule has 0 aromatic carbocycles. The van der Waals surface area contributed by atoms with Gasteiger partial charge in [0.1, 0.15) is 4.83 Å². The zero-order valence-corrected chi connectivity index (χ0v) is 12.8. The van der Waals surface area contributed by atoms with Gasteiger partial charge < -0.3 is 5.73 Å². The van der Waals surface area contributed by atoms with Crippen LogP contribution in [0.5, 0.6) is 0 Å². The Hall–Kier alpha value is -1.34. The Morgan fingerprint density at radius 1 is 1.45 bits per heavy atom. The second kappa shape index (κ2) is 5.21. The van der Waals surface area contributed by atoms with Crippen molar-refractivity contribution in [2.45, 2.75) is 30.8 Å². The highest BCUT2D eigenvalue weighted by molar-refractivity contribution is 7.99. The molecule has 0 aliphatic heterocycles. The number of hydrogen-bond donors (Lipinski definition) is 1. The Kier molecular flexibility index (Phi) is 3.55. The summed E-state index contributed by atoms with van der Waals surface area (Å²) in [7, 11) is 1.70. The van der Waals surface area contributed by atoms with Gasteiger partial charge >= 0.3 is 0 Å². The molecule has 0 atom stereocenters. The summed E-state index contributed by atoms with van der Waals surface area (Å²) in [5, 5.41) is 1.33. The quantitative estimate of drug-likeness (QED) is 0.687. The fourth-order valence-corrected chi connectivity index (χ4v) is 4.55. The van der Waals surface area contributed by atoms with Gasteiger partial charge in [-0.15, -0.1) is 11.3 Å². The molecule has 0 radical (unpaired) electrons. The molecule has 1 aliphatic rings. The van der Waals surface area contributed by atoms with E-state index in [-0.39, 0.29) is 11.3 Å². The third kappa shape index (κ3) is 2.25. The molecule has 3 rings (SSSR count). The average Bonchev–Trinajstić information content (AvgIpc) is 2.79. The van der Waals surface area contributed by atoms with E-state index in [1.165, 1.54) is 33.2 Å². The summed E-state index contributed by atoms with van der Waals surface area (Å²) in [6.45, 7) is 0. The summed E-state index contributed by atoms with van der Waals surface area (Å²) >= 11 is 2.83. The number of hydrogen-bond acceptors (Lipinski definition) is 5. The molecule has 1 amide bonds. The number of carbonyl (C=O) groups excluding carboxylic acids is 1. The Bertz CT molecular complexity index is 748. The monoisotopic (exact) mass is 309 g/mol. The lowest BCUT2D eigenvalue weighted by Gasteiger charge is -2.10. The number of nitrogens with zero attached hydrogens (tertiary/aromatic N) is 2. The maximum absolute atomic E-state index is 12.5. The number of fused-ring (bicyclic) bond motifs is 3. The summed E-state index contributed by atoms with van der Waals surface area (Å²) in [6, 6.07) is 0. The van der Waals surface area contributed by atoms with E-state index in [2.05, 4.69) is 4.98 Å². The molecule has 0 saturated heterocycles. The van der Waals surface area contributed by atoms with Gasteiger partial charge in [-0.2, -0.15) is 0 Å². The predicted octanol–water partition coefficient (Wildman–Crippen LogP) is 1.45. The smallest absolute Gasteiger partial charge is 0.262 e. The topological polar surface area (TPSA) is 78.0 Å². The highest BCUT2D eigenvalue weighted by atomic mass is 32.2. The number of thioether (sulfide) groups is 1. The van der Waals surface area contributed by atoms with Gasteiger partial charge in [0.05, 0.1) is 11.1 Å². The molecule has 2 N–H and O–H groups in total. The SMILES string of the molecule is Cn1c(SCC(N)=O)nc2sc3c(c2c1=O)CCCC3. The molecule has 106 valence electrons. The molecule has 0 spiro atoms. The van der Waals surface area contributed by atoms with Crippen LogP contribution in [0.2, 0.25) is 0 Å². The molecule has 0 bridgehead atoms. The average molecular weight is 309 g/mol.